The molecule has 3 rings (SSSR count). The second kappa shape index (κ2) is 14.0. The number of hydroxylamine groups is 2. The van der Waals surface area contributed by atoms with Gasteiger partial charge < -0.3 is 0 Å². The fourth-order valence-electron chi connectivity index (χ4n) is 5.44. The molecule has 2 atom stereocenters. The molecule has 0 saturated carbocycles. The number of rotatable bonds is 8. The van der Waals surface area contributed by atoms with Crippen LogP contribution in [0.2, 0.25) is 0 Å². The molecule has 0 radical (unpaired) electrons. The molecule has 0 amide bonds. The Labute approximate surface area is 212 Å². The van der Waals surface area contributed by atoms with Gasteiger partial charge in [0.1, 0.15) is 6.10 Å². The van der Waals surface area contributed by atoms with Crippen LogP contribution in [0, 0.1) is 0 Å². The van der Waals surface area contributed by atoms with Crippen molar-refractivity contribution in [3.63, 3.8) is 0 Å². The average molecular weight is 468 g/mol. The number of nitrogens with zero attached hydrogens (tertiary/aromatic N) is 1. The van der Waals surface area contributed by atoms with Gasteiger partial charge in [-0.3, -0.25) is 4.84 Å². The van der Waals surface area contributed by atoms with Gasteiger partial charge in [0, 0.05) is 11.1 Å². The van der Waals surface area contributed by atoms with Crippen molar-refractivity contribution in [2.75, 3.05) is 0 Å². The van der Waals surface area contributed by atoms with Crippen molar-refractivity contribution in [3.8, 4) is 0 Å². The van der Waals surface area contributed by atoms with Gasteiger partial charge in [0.15, 0.2) is 0 Å². The summed E-state index contributed by atoms with van der Waals surface area (Å²) in [6, 6.07) is 21.8. The van der Waals surface area contributed by atoms with Crippen molar-refractivity contribution in [2.24, 2.45) is 0 Å². The Morgan fingerprint density at radius 1 is 0.824 bits per heavy atom. The molecule has 34 heavy (non-hydrogen) atoms. The maximum Gasteiger partial charge on any atom is 0.105 e. The van der Waals surface area contributed by atoms with E-state index in [1.807, 2.05) is 27.7 Å². The molecule has 1 fully saturated rings. The molecule has 2 nitrogen and oxygen atoms in total. The summed E-state index contributed by atoms with van der Waals surface area (Å²) in [7, 11) is 0. The minimum Gasteiger partial charge on any atom is -0.290 e. The van der Waals surface area contributed by atoms with E-state index < -0.39 is 0 Å². The highest BCUT2D eigenvalue weighted by molar-refractivity contribution is 5.26. The summed E-state index contributed by atoms with van der Waals surface area (Å²) < 4.78 is 0. The molecule has 2 heteroatoms. The first kappa shape index (κ1) is 30.4. The van der Waals surface area contributed by atoms with Gasteiger partial charge in [0.05, 0.1) is 0 Å². The molecule has 2 unspecified atom stereocenters. The zero-order chi connectivity index (χ0) is 25.8. The SMILES string of the molecule is CC.CC.CCCC(C)(CC(ON1C(C)(C)CCCC1(C)C)c1ccccc1)c1ccccc1. The van der Waals surface area contributed by atoms with Crippen LogP contribution in [0.4, 0.5) is 0 Å². The van der Waals surface area contributed by atoms with Crippen LogP contribution in [-0.2, 0) is 10.3 Å². The van der Waals surface area contributed by atoms with Crippen molar-refractivity contribution < 1.29 is 4.84 Å². The monoisotopic (exact) mass is 467 g/mol. The second-order valence-corrected chi connectivity index (χ2v) is 10.7. The van der Waals surface area contributed by atoms with Crippen LogP contribution >= 0.6 is 0 Å². The Morgan fingerprint density at radius 3 is 1.76 bits per heavy atom. The normalized spacial score (nSPS) is 19.5. The van der Waals surface area contributed by atoms with Gasteiger partial charge in [-0.1, -0.05) is 109 Å². The second-order valence-electron chi connectivity index (χ2n) is 10.7. The molecule has 1 aliphatic heterocycles. The lowest BCUT2D eigenvalue weighted by molar-refractivity contribution is -0.310. The maximum atomic E-state index is 7.00. The third kappa shape index (κ3) is 7.95. The van der Waals surface area contributed by atoms with Crippen LogP contribution in [-0.4, -0.2) is 16.1 Å². The van der Waals surface area contributed by atoms with E-state index in [2.05, 4.69) is 107 Å². The Hall–Kier alpha value is -1.64. The van der Waals surface area contributed by atoms with E-state index in [1.165, 1.54) is 30.4 Å². The molecule has 0 aliphatic carbocycles. The first-order valence-corrected chi connectivity index (χ1v) is 13.8. The third-order valence-corrected chi connectivity index (χ3v) is 6.99. The predicted molar refractivity (Wildman–Crippen MR) is 150 cm³/mol. The van der Waals surface area contributed by atoms with E-state index in [4.69, 9.17) is 4.84 Å². The van der Waals surface area contributed by atoms with Crippen molar-refractivity contribution >= 4 is 0 Å². The minimum absolute atomic E-state index is 0.0274. The summed E-state index contributed by atoms with van der Waals surface area (Å²) in [6.45, 7) is 22.0. The number of benzene rings is 2. The fourth-order valence-corrected chi connectivity index (χ4v) is 5.44. The first-order valence-electron chi connectivity index (χ1n) is 13.8. The Balaban J connectivity index is 0.00000137. The zero-order valence-corrected chi connectivity index (χ0v) is 23.9. The minimum atomic E-state index is 0.0274. The van der Waals surface area contributed by atoms with Gasteiger partial charge in [-0.2, -0.15) is 5.06 Å². The molecular formula is C32H53NO. The highest BCUT2D eigenvalue weighted by Crippen LogP contribution is 2.44. The molecular weight excluding hydrogens is 414 g/mol. The summed E-state index contributed by atoms with van der Waals surface area (Å²) in [4.78, 5) is 7.00. The van der Waals surface area contributed by atoms with Crippen LogP contribution < -0.4 is 0 Å². The van der Waals surface area contributed by atoms with Crippen LogP contribution in [0.3, 0.4) is 0 Å². The summed E-state index contributed by atoms with van der Waals surface area (Å²) >= 11 is 0. The molecule has 192 valence electrons. The molecule has 2 aromatic rings. The molecule has 1 heterocycles. The first-order chi connectivity index (χ1) is 16.2. The number of hydrogen-bond donors (Lipinski definition) is 0. The van der Waals surface area contributed by atoms with Gasteiger partial charge in [-0.25, -0.2) is 0 Å². The number of piperidine rings is 1. The molecule has 0 N–H and O–H groups in total. The maximum absolute atomic E-state index is 7.00. The average Bonchev–Trinajstić information content (AvgIpc) is 2.84. The quantitative estimate of drug-likeness (QED) is 0.383. The number of hydrogen-bond acceptors (Lipinski definition) is 2. The van der Waals surface area contributed by atoms with Gasteiger partial charge in [0.2, 0.25) is 0 Å². The molecule has 1 saturated heterocycles. The Kier molecular flexibility index (Phi) is 12.6. The summed E-state index contributed by atoms with van der Waals surface area (Å²) in [6.07, 6.45) is 6.90. The van der Waals surface area contributed by atoms with Crippen molar-refractivity contribution in [2.45, 2.75) is 130 Å². The van der Waals surface area contributed by atoms with Crippen molar-refractivity contribution in [1.82, 2.24) is 5.06 Å². The lowest BCUT2D eigenvalue weighted by Crippen LogP contribution is -2.58. The lowest BCUT2D eigenvalue weighted by Gasteiger charge is -2.53. The van der Waals surface area contributed by atoms with Crippen molar-refractivity contribution in [3.05, 3.63) is 71.8 Å². The van der Waals surface area contributed by atoms with Crippen LogP contribution in [0.5, 0.6) is 0 Å². The van der Waals surface area contributed by atoms with Gasteiger partial charge >= 0.3 is 0 Å². The van der Waals surface area contributed by atoms with E-state index in [9.17, 15) is 0 Å². The van der Waals surface area contributed by atoms with Gasteiger partial charge in [-0.15, -0.1) is 0 Å². The summed E-state index contributed by atoms with van der Waals surface area (Å²) in [5, 5.41) is 2.33. The van der Waals surface area contributed by atoms with E-state index in [0.29, 0.717) is 0 Å². The van der Waals surface area contributed by atoms with E-state index >= 15 is 0 Å². The van der Waals surface area contributed by atoms with Crippen LogP contribution in [0.1, 0.15) is 125 Å². The standard InChI is InChI=1S/C28H41NO.2C2H6/c1-7-19-28(6,24-17-12-9-13-18-24)22-25(23-15-10-8-11-16-23)30-29-26(2,3)20-14-21-27(29,4)5;2*1-2/h8-13,15-18,25H,7,14,19-22H2,1-6H3;2*1-2H3. The largest absolute Gasteiger partial charge is 0.290 e. The van der Waals surface area contributed by atoms with Crippen LogP contribution in [0.15, 0.2) is 60.7 Å². The topological polar surface area (TPSA) is 12.5 Å². The Morgan fingerprint density at radius 2 is 1.29 bits per heavy atom. The molecule has 2 aromatic carbocycles. The zero-order valence-electron chi connectivity index (χ0n) is 23.9. The summed E-state index contributed by atoms with van der Waals surface area (Å²) in [5.41, 5.74) is 2.81. The molecule has 0 aromatic heterocycles. The van der Waals surface area contributed by atoms with E-state index in [-0.39, 0.29) is 22.6 Å². The summed E-state index contributed by atoms with van der Waals surface area (Å²) in [5.74, 6) is 0. The van der Waals surface area contributed by atoms with Gasteiger partial charge in [0.25, 0.3) is 0 Å². The van der Waals surface area contributed by atoms with Gasteiger partial charge in [-0.05, 0) is 76.3 Å². The Bertz CT molecular complexity index is 767. The van der Waals surface area contributed by atoms with Crippen molar-refractivity contribution in [1.29, 1.82) is 0 Å². The molecule has 0 bridgehead atoms. The smallest absolute Gasteiger partial charge is 0.105 e. The highest BCUT2D eigenvalue weighted by Gasteiger charge is 2.44. The molecule has 1 aliphatic rings. The predicted octanol–water partition coefficient (Wildman–Crippen LogP) is 9.90. The molecule has 0 spiro atoms. The fraction of sp³-hybridized carbons (Fsp3) is 0.625. The highest BCUT2D eigenvalue weighted by atomic mass is 16.7. The van der Waals surface area contributed by atoms with E-state index in [1.54, 1.807) is 0 Å². The lowest BCUT2D eigenvalue weighted by atomic mass is 9.73. The van der Waals surface area contributed by atoms with E-state index in [0.717, 1.165) is 19.3 Å². The third-order valence-electron chi connectivity index (χ3n) is 6.99. The van der Waals surface area contributed by atoms with Crippen LogP contribution in [0.25, 0.3) is 0 Å².